The van der Waals surface area contributed by atoms with Gasteiger partial charge >= 0.3 is 0 Å². The summed E-state index contributed by atoms with van der Waals surface area (Å²) in [6, 6.07) is 15.4. The normalized spacial score (nSPS) is 23.4. The maximum Gasteiger partial charge on any atom is 0.0772 e. The zero-order valence-corrected chi connectivity index (χ0v) is 11.4. The number of anilines is 1. The second-order valence-corrected chi connectivity index (χ2v) is 5.34. The molecular formula is C17H21NO. The lowest BCUT2D eigenvalue weighted by molar-refractivity contribution is 0.0606. The Morgan fingerprint density at radius 1 is 1.00 bits per heavy atom. The Bertz CT molecular complexity index is 546. The van der Waals surface area contributed by atoms with E-state index in [1.54, 1.807) is 0 Å². The van der Waals surface area contributed by atoms with Crippen molar-refractivity contribution >= 4 is 16.5 Å². The van der Waals surface area contributed by atoms with Gasteiger partial charge in [0, 0.05) is 18.2 Å². The lowest BCUT2D eigenvalue weighted by atomic mass is 9.92. The zero-order valence-electron chi connectivity index (χ0n) is 11.4. The van der Waals surface area contributed by atoms with Gasteiger partial charge in [-0.2, -0.15) is 0 Å². The van der Waals surface area contributed by atoms with Gasteiger partial charge in [0.1, 0.15) is 0 Å². The third-order valence-electron chi connectivity index (χ3n) is 4.14. The number of hydrogen-bond acceptors (Lipinski definition) is 2. The monoisotopic (exact) mass is 255 g/mol. The van der Waals surface area contributed by atoms with Crippen LogP contribution in [-0.2, 0) is 4.74 Å². The minimum atomic E-state index is 0.340. The number of hydrogen-bond donors (Lipinski definition) is 1. The lowest BCUT2D eigenvalue weighted by Gasteiger charge is -2.32. The molecule has 2 unspecified atom stereocenters. The van der Waals surface area contributed by atoms with Crippen LogP contribution in [0.3, 0.4) is 0 Å². The first kappa shape index (κ1) is 12.5. The number of fused-ring (bicyclic) bond motifs is 1. The summed E-state index contributed by atoms with van der Waals surface area (Å²) in [5, 5.41) is 6.29. The second-order valence-electron chi connectivity index (χ2n) is 5.34. The van der Waals surface area contributed by atoms with Gasteiger partial charge in [0.15, 0.2) is 0 Å². The smallest absolute Gasteiger partial charge is 0.0772 e. The summed E-state index contributed by atoms with van der Waals surface area (Å²) >= 11 is 0. The fourth-order valence-corrected chi connectivity index (χ4v) is 3.10. The SMILES string of the molecule is COC1CCCCC1Nc1cccc2ccccc12. The first-order chi connectivity index (χ1) is 9.38. The van der Waals surface area contributed by atoms with Crippen LogP contribution in [0.4, 0.5) is 5.69 Å². The van der Waals surface area contributed by atoms with Crippen molar-refractivity contribution in [3.63, 3.8) is 0 Å². The van der Waals surface area contributed by atoms with E-state index in [9.17, 15) is 0 Å². The van der Waals surface area contributed by atoms with E-state index < -0.39 is 0 Å². The van der Waals surface area contributed by atoms with Crippen LogP contribution in [0.25, 0.3) is 10.8 Å². The second kappa shape index (κ2) is 5.62. The van der Waals surface area contributed by atoms with Gasteiger partial charge in [-0.05, 0) is 24.3 Å². The molecule has 0 radical (unpaired) electrons. The quantitative estimate of drug-likeness (QED) is 0.887. The van der Waals surface area contributed by atoms with Crippen molar-refractivity contribution < 1.29 is 4.74 Å². The summed E-state index contributed by atoms with van der Waals surface area (Å²) in [5.74, 6) is 0. The molecule has 0 bridgehead atoms. The van der Waals surface area contributed by atoms with Crippen LogP contribution in [0.5, 0.6) is 0 Å². The molecule has 0 aromatic heterocycles. The molecule has 100 valence electrons. The summed E-state index contributed by atoms with van der Waals surface area (Å²) in [5.41, 5.74) is 1.23. The average Bonchev–Trinajstić information content (AvgIpc) is 2.48. The summed E-state index contributed by atoms with van der Waals surface area (Å²) in [6.45, 7) is 0. The summed E-state index contributed by atoms with van der Waals surface area (Å²) < 4.78 is 5.63. The minimum Gasteiger partial charge on any atom is -0.379 e. The van der Waals surface area contributed by atoms with Crippen molar-refractivity contribution in [2.24, 2.45) is 0 Å². The van der Waals surface area contributed by atoms with E-state index in [0.717, 1.165) is 0 Å². The molecule has 0 saturated heterocycles. The van der Waals surface area contributed by atoms with Gasteiger partial charge in [0.2, 0.25) is 0 Å². The third kappa shape index (κ3) is 2.59. The molecule has 2 aromatic carbocycles. The van der Waals surface area contributed by atoms with Crippen molar-refractivity contribution in [1.82, 2.24) is 0 Å². The fraction of sp³-hybridized carbons (Fsp3) is 0.412. The van der Waals surface area contributed by atoms with Crippen LogP contribution in [0.2, 0.25) is 0 Å². The Morgan fingerprint density at radius 2 is 1.79 bits per heavy atom. The van der Waals surface area contributed by atoms with E-state index in [0.29, 0.717) is 12.1 Å². The highest BCUT2D eigenvalue weighted by Crippen LogP contribution is 2.28. The fourth-order valence-electron chi connectivity index (χ4n) is 3.10. The predicted molar refractivity (Wildman–Crippen MR) is 80.6 cm³/mol. The number of nitrogens with one attached hydrogen (secondary N) is 1. The molecule has 0 spiro atoms. The van der Waals surface area contributed by atoms with E-state index in [-0.39, 0.29) is 0 Å². The highest BCUT2D eigenvalue weighted by molar-refractivity contribution is 5.93. The Morgan fingerprint density at radius 3 is 2.68 bits per heavy atom. The van der Waals surface area contributed by atoms with E-state index in [4.69, 9.17) is 4.74 Å². The van der Waals surface area contributed by atoms with Crippen molar-refractivity contribution in [3.05, 3.63) is 42.5 Å². The molecule has 1 N–H and O–H groups in total. The third-order valence-corrected chi connectivity index (χ3v) is 4.14. The van der Waals surface area contributed by atoms with Gasteiger partial charge in [-0.3, -0.25) is 0 Å². The largest absolute Gasteiger partial charge is 0.379 e. The highest BCUT2D eigenvalue weighted by Gasteiger charge is 2.24. The standard InChI is InChI=1S/C17H21NO/c1-19-17-12-5-4-10-16(17)18-15-11-6-8-13-7-2-3-9-14(13)15/h2-3,6-9,11,16-18H,4-5,10,12H2,1H3. The molecule has 0 aliphatic heterocycles. The highest BCUT2D eigenvalue weighted by atomic mass is 16.5. The Labute approximate surface area is 114 Å². The van der Waals surface area contributed by atoms with Gasteiger partial charge in [0.05, 0.1) is 12.1 Å². The van der Waals surface area contributed by atoms with Crippen LogP contribution in [-0.4, -0.2) is 19.3 Å². The van der Waals surface area contributed by atoms with Crippen LogP contribution in [0.15, 0.2) is 42.5 Å². The van der Waals surface area contributed by atoms with Crippen LogP contribution in [0, 0.1) is 0 Å². The Hall–Kier alpha value is -1.54. The van der Waals surface area contributed by atoms with Crippen molar-refractivity contribution in [2.45, 2.75) is 37.8 Å². The first-order valence-electron chi connectivity index (χ1n) is 7.15. The van der Waals surface area contributed by atoms with Crippen LogP contribution in [0.1, 0.15) is 25.7 Å². The van der Waals surface area contributed by atoms with Crippen molar-refractivity contribution in [2.75, 3.05) is 12.4 Å². The molecule has 2 nitrogen and oxygen atoms in total. The number of methoxy groups -OCH3 is 1. The molecule has 0 heterocycles. The van der Waals surface area contributed by atoms with E-state index in [1.165, 1.54) is 42.1 Å². The van der Waals surface area contributed by atoms with E-state index in [1.807, 2.05) is 7.11 Å². The molecule has 0 amide bonds. The van der Waals surface area contributed by atoms with E-state index >= 15 is 0 Å². The molecule has 1 aliphatic rings. The van der Waals surface area contributed by atoms with Gasteiger partial charge in [-0.25, -0.2) is 0 Å². The maximum absolute atomic E-state index is 5.63. The molecule has 19 heavy (non-hydrogen) atoms. The van der Waals surface area contributed by atoms with Gasteiger partial charge < -0.3 is 10.1 Å². The van der Waals surface area contributed by atoms with Gasteiger partial charge in [-0.15, -0.1) is 0 Å². The van der Waals surface area contributed by atoms with Crippen LogP contribution < -0.4 is 5.32 Å². The molecular weight excluding hydrogens is 234 g/mol. The maximum atomic E-state index is 5.63. The lowest BCUT2D eigenvalue weighted by Crippen LogP contribution is -2.37. The number of ether oxygens (including phenoxy) is 1. The topological polar surface area (TPSA) is 21.3 Å². The molecule has 1 aliphatic carbocycles. The molecule has 3 rings (SSSR count). The minimum absolute atomic E-state index is 0.340. The van der Waals surface area contributed by atoms with Gasteiger partial charge in [-0.1, -0.05) is 49.2 Å². The van der Waals surface area contributed by atoms with Gasteiger partial charge in [0.25, 0.3) is 0 Å². The molecule has 1 saturated carbocycles. The van der Waals surface area contributed by atoms with Crippen molar-refractivity contribution in [3.8, 4) is 0 Å². The Balaban J connectivity index is 1.88. The molecule has 1 fully saturated rings. The van der Waals surface area contributed by atoms with Crippen LogP contribution >= 0.6 is 0 Å². The summed E-state index contributed by atoms with van der Waals surface area (Å²) in [4.78, 5) is 0. The molecule has 2 aromatic rings. The summed E-state index contributed by atoms with van der Waals surface area (Å²) in [6.07, 6.45) is 5.28. The number of benzene rings is 2. The Kier molecular flexibility index (Phi) is 3.69. The van der Waals surface area contributed by atoms with E-state index in [2.05, 4.69) is 47.8 Å². The first-order valence-corrected chi connectivity index (χ1v) is 7.15. The molecule has 2 heteroatoms. The van der Waals surface area contributed by atoms with Crippen molar-refractivity contribution in [1.29, 1.82) is 0 Å². The number of rotatable bonds is 3. The predicted octanol–water partition coefficient (Wildman–Crippen LogP) is 4.21. The zero-order chi connectivity index (χ0) is 13.1. The summed E-state index contributed by atoms with van der Waals surface area (Å²) in [7, 11) is 1.83. The average molecular weight is 255 g/mol. The molecule has 2 atom stereocenters.